The number of pyridine rings is 1. The van der Waals surface area contributed by atoms with Gasteiger partial charge in [-0.25, -0.2) is 8.42 Å². The summed E-state index contributed by atoms with van der Waals surface area (Å²) in [6.45, 7) is 2.05. The van der Waals surface area contributed by atoms with Crippen LogP contribution in [0.4, 0.5) is 0 Å². The van der Waals surface area contributed by atoms with Gasteiger partial charge in [0.2, 0.25) is 15.5 Å². The topological polar surface area (TPSA) is 118 Å². The molecular weight excluding hydrogens is 470 g/mol. The molecule has 188 valence electrons. The molecule has 0 radical (unpaired) electrons. The van der Waals surface area contributed by atoms with Gasteiger partial charge in [0.05, 0.1) is 18.1 Å². The van der Waals surface area contributed by atoms with Gasteiger partial charge >= 0.3 is 0 Å². The summed E-state index contributed by atoms with van der Waals surface area (Å²) < 4.78 is 39.4. The molecule has 0 bridgehead atoms. The number of sulfonamides is 1. The lowest BCUT2D eigenvalue weighted by molar-refractivity contribution is -0.179. The van der Waals surface area contributed by atoms with Crippen LogP contribution in [-0.4, -0.2) is 62.2 Å². The van der Waals surface area contributed by atoms with E-state index in [1.807, 2.05) is 0 Å². The lowest BCUT2D eigenvalue weighted by Gasteiger charge is -2.36. The monoisotopic (exact) mass is 501 g/mol. The van der Waals surface area contributed by atoms with Gasteiger partial charge in [-0.1, -0.05) is 11.6 Å². The van der Waals surface area contributed by atoms with Crippen molar-refractivity contribution in [2.45, 2.75) is 55.6 Å². The summed E-state index contributed by atoms with van der Waals surface area (Å²) in [5.74, 6) is -1.14. The van der Waals surface area contributed by atoms with E-state index in [9.17, 15) is 18.0 Å². The Morgan fingerprint density at radius 1 is 1.14 bits per heavy atom. The highest BCUT2D eigenvalue weighted by Gasteiger charge is 2.42. The van der Waals surface area contributed by atoms with Crippen LogP contribution in [0.1, 0.15) is 55.3 Å². The molecule has 2 aromatic rings. The van der Waals surface area contributed by atoms with Crippen molar-refractivity contribution in [3.05, 3.63) is 51.8 Å². The molecule has 1 aliphatic carbocycles. The van der Waals surface area contributed by atoms with E-state index >= 15 is 0 Å². The van der Waals surface area contributed by atoms with Gasteiger partial charge in [-0.3, -0.25) is 9.59 Å². The minimum atomic E-state index is -3.81. The second-order valence-electron chi connectivity index (χ2n) is 9.36. The van der Waals surface area contributed by atoms with Crippen molar-refractivity contribution in [1.29, 1.82) is 0 Å². The number of amides is 1. The van der Waals surface area contributed by atoms with Crippen LogP contribution in [0.2, 0.25) is 0 Å². The number of allylic oxidation sites excluding steroid dienone is 1. The molecule has 2 fully saturated rings. The van der Waals surface area contributed by atoms with Crippen LogP contribution in [-0.2, 0) is 19.5 Å². The highest BCUT2D eigenvalue weighted by Crippen LogP contribution is 2.33. The molecule has 1 aromatic carbocycles. The van der Waals surface area contributed by atoms with Crippen LogP contribution >= 0.6 is 0 Å². The van der Waals surface area contributed by atoms with Crippen molar-refractivity contribution in [1.82, 2.24) is 14.6 Å². The first kappa shape index (κ1) is 24.2. The van der Waals surface area contributed by atoms with E-state index in [4.69, 9.17) is 9.47 Å². The molecule has 0 unspecified atom stereocenters. The molecule has 2 aliphatic heterocycles. The van der Waals surface area contributed by atoms with Crippen LogP contribution < -0.4 is 10.7 Å². The first-order valence-electron chi connectivity index (χ1n) is 12.3. The highest BCUT2D eigenvalue weighted by molar-refractivity contribution is 7.89. The maximum atomic E-state index is 13.3. The van der Waals surface area contributed by atoms with Crippen molar-refractivity contribution in [2.24, 2.45) is 0 Å². The molecule has 2 N–H and O–H groups in total. The molecule has 2 saturated heterocycles. The number of ether oxygens (including phenoxy) is 2. The molecule has 1 aromatic heterocycles. The summed E-state index contributed by atoms with van der Waals surface area (Å²) in [5.41, 5.74) is 1.30. The molecular formula is C25H31N3O6S. The lowest BCUT2D eigenvalue weighted by atomic mass is 9.97. The van der Waals surface area contributed by atoms with Crippen molar-refractivity contribution in [3.63, 3.8) is 0 Å². The van der Waals surface area contributed by atoms with Gasteiger partial charge in [-0.05, 0) is 50.3 Å². The Balaban J connectivity index is 1.32. The third-order valence-electron chi connectivity index (χ3n) is 7.15. The van der Waals surface area contributed by atoms with E-state index < -0.39 is 27.1 Å². The van der Waals surface area contributed by atoms with Gasteiger partial charge in [0.25, 0.3) is 5.91 Å². The first-order chi connectivity index (χ1) is 16.9. The van der Waals surface area contributed by atoms with Crippen molar-refractivity contribution in [3.8, 4) is 0 Å². The zero-order valence-corrected chi connectivity index (χ0v) is 20.5. The molecule has 1 amide bonds. The van der Waals surface area contributed by atoms with Crippen LogP contribution in [0.15, 0.2) is 45.7 Å². The standard InChI is InChI=1S/C25H31N3O6S/c29-23-20-16-19(35(31,32)28-12-9-25(10-13-28)33-14-15-34-25)6-7-22(20)27-17-21(23)24(30)26-11-8-18-4-2-1-3-5-18/h4,6-7,16-17H,1-3,5,8-15H2,(H,26,30)(H,27,29). The van der Waals surface area contributed by atoms with Gasteiger partial charge < -0.3 is 19.8 Å². The number of hydrogen-bond acceptors (Lipinski definition) is 6. The van der Waals surface area contributed by atoms with E-state index in [2.05, 4.69) is 16.4 Å². The zero-order valence-electron chi connectivity index (χ0n) is 19.7. The third kappa shape index (κ3) is 4.93. The highest BCUT2D eigenvalue weighted by atomic mass is 32.2. The lowest BCUT2D eigenvalue weighted by Crippen LogP contribution is -2.47. The molecule has 3 heterocycles. The minimum absolute atomic E-state index is 0.0277. The second-order valence-corrected chi connectivity index (χ2v) is 11.3. The van der Waals surface area contributed by atoms with Gasteiger partial charge in [0.1, 0.15) is 5.56 Å². The number of aromatic amines is 1. The molecule has 0 atom stereocenters. The first-order valence-corrected chi connectivity index (χ1v) is 13.7. The average molecular weight is 502 g/mol. The summed E-state index contributed by atoms with van der Waals surface area (Å²) in [4.78, 5) is 28.8. The number of carbonyl (C=O) groups excluding carboxylic acids is 1. The van der Waals surface area contributed by atoms with E-state index in [1.54, 1.807) is 6.07 Å². The van der Waals surface area contributed by atoms with Crippen molar-refractivity contribution < 1.29 is 22.7 Å². The number of fused-ring (bicyclic) bond motifs is 1. The Bertz CT molecular complexity index is 1300. The molecule has 9 nitrogen and oxygen atoms in total. The van der Waals surface area contributed by atoms with Gasteiger partial charge in [-0.2, -0.15) is 4.31 Å². The number of rotatable bonds is 6. The van der Waals surface area contributed by atoms with Crippen LogP contribution in [0.25, 0.3) is 10.9 Å². The SMILES string of the molecule is O=C(NCCC1=CCCCC1)c1c[nH]c2ccc(S(=O)(=O)N3CCC4(CC3)OCCO4)cc2c1=O. The van der Waals surface area contributed by atoms with Gasteiger partial charge in [-0.15, -0.1) is 0 Å². The van der Waals surface area contributed by atoms with Crippen LogP contribution in [0, 0.1) is 0 Å². The normalized spacial score (nSPS) is 20.7. The van der Waals surface area contributed by atoms with Crippen LogP contribution in [0.5, 0.6) is 0 Å². The summed E-state index contributed by atoms with van der Waals surface area (Å²) in [6.07, 6.45) is 9.84. The van der Waals surface area contributed by atoms with Crippen LogP contribution in [0.3, 0.4) is 0 Å². The quantitative estimate of drug-likeness (QED) is 0.588. The summed E-state index contributed by atoms with van der Waals surface area (Å²) in [5, 5.41) is 2.99. The van der Waals surface area contributed by atoms with Crippen molar-refractivity contribution >= 4 is 26.8 Å². The number of carbonyl (C=O) groups is 1. The number of benzene rings is 1. The maximum absolute atomic E-state index is 13.3. The van der Waals surface area contributed by atoms with Gasteiger partial charge in [0.15, 0.2) is 5.79 Å². The second kappa shape index (κ2) is 9.85. The molecule has 3 aliphatic rings. The smallest absolute Gasteiger partial charge is 0.256 e. The summed E-state index contributed by atoms with van der Waals surface area (Å²) >= 11 is 0. The summed E-state index contributed by atoms with van der Waals surface area (Å²) in [6, 6.07) is 4.41. The predicted molar refractivity (Wildman–Crippen MR) is 131 cm³/mol. The molecule has 0 saturated carbocycles. The number of nitrogens with zero attached hydrogens (tertiary/aromatic N) is 1. The number of aromatic nitrogens is 1. The fraction of sp³-hybridized carbons (Fsp3) is 0.520. The number of piperidine rings is 1. The summed E-state index contributed by atoms with van der Waals surface area (Å²) in [7, 11) is -3.81. The fourth-order valence-corrected chi connectivity index (χ4v) is 6.56. The Morgan fingerprint density at radius 3 is 2.63 bits per heavy atom. The van der Waals surface area contributed by atoms with E-state index in [0.29, 0.717) is 38.1 Å². The zero-order chi connectivity index (χ0) is 24.5. The maximum Gasteiger partial charge on any atom is 0.256 e. The Kier molecular flexibility index (Phi) is 6.80. The molecule has 10 heteroatoms. The van der Waals surface area contributed by atoms with E-state index in [1.165, 1.54) is 41.0 Å². The number of hydrogen-bond donors (Lipinski definition) is 2. The van der Waals surface area contributed by atoms with Gasteiger partial charge in [0, 0.05) is 49.6 Å². The number of H-pyrrole nitrogens is 1. The molecule has 1 spiro atoms. The van der Waals surface area contributed by atoms with Crippen molar-refractivity contribution in [2.75, 3.05) is 32.8 Å². The third-order valence-corrected chi connectivity index (χ3v) is 9.04. The fourth-order valence-electron chi connectivity index (χ4n) is 5.09. The van der Waals surface area contributed by atoms with E-state index in [-0.39, 0.29) is 28.9 Å². The van der Waals surface area contributed by atoms with E-state index in [0.717, 1.165) is 19.3 Å². The Morgan fingerprint density at radius 2 is 1.91 bits per heavy atom. The average Bonchev–Trinajstić information content (AvgIpc) is 3.32. The molecule has 35 heavy (non-hydrogen) atoms. The molecule has 5 rings (SSSR count). The largest absolute Gasteiger partial charge is 0.360 e. The Labute approximate surface area is 204 Å². The minimum Gasteiger partial charge on any atom is -0.360 e. The number of nitrogens with one attached hydrogen (secondary N) is 2. The predicted octanol–water partition coefficient (Wildman–Crippen LogP) is 2.68. The Hall–Kier alpha value is -2.53.